The molecule has 3 nitrogen and oxygen atoms in total. The van der Waals surface area contributed by atoms with Gasteiger partial charge in [-0.05, 0) is 37.6 Å². The van der Waals surface area contributed by atoms with Crippen molar-refractivity contribution < 1.29 is 9.13 Å². The van der Waals surface area contributed by atoms with E-state index in [1.165, 1.54) is 20.0 Å². The van der Waals surface area contributed by atoms with Crippen LogP contribution in [-0.4, -0.2) is 31.1 Å². The molecule has 106 valence electrons. The lowest BCUT2D eigenvalue weighted by atomic mass is 9.90. The molecule has 2 N–H and O–H groups in total. The van der Waals surface area contributed by atoms with Crippen molar-refractivity contribution in [1.29, 1.82) is 0 Å². The molecule has 0 saturated heterocycles. The maximum atomic E-state index is 13.7. The van der Waals surface area contributed by atoms with E-state index in [1.54, 1.807) is 12.1 Å². The molecule has 0 spiro atoms. The standard InChI is InChI=1S/C15H23FN2O/c1-18(14-6-4-3-5-13(14)17)10-11-7-8-15(19-2)12(16)9-11/h7-9,13-14H,3-6,10,17H2,1-2H3. The molecule has 1 aliphatic carbocycles. The van der Waals surface area contributed by atoms with E-state index in [0.29, 0.717) is 11.8 Å². The Balaban J connectivity index is 2.01. The number of methoxy groups -OCH3 is 1. The normalized spacial score (nSPS) is 23.6. The molecule has 0 amide bonds. The molecule has 1 saturated carbocycles. The van der Waals surface area contributed by atoms with E-state index in [4.69, 9.17) is 10.5 Å². The van der Waals surface area contributed by atoms with Crippen LogP contribution in [0.2, 0.25) is 0 Å². The summed E-state index contributed by atoms with van der Waals surface area (Å²) < 4.78 is 18.6. The van der Waals surface area contributed by atoms with Crippen LogP contribution in [0.4, 0.5) is 4.39 Å². The van der Waals surface area contributed by atoms with Crippen molar-refractivity contribution in [3.05, 3.63) is 29.6 Å². The first-order chi connectivity index (χ1) is 9.11. The van der Waals surface area contributed by atoms with Gasteiger partial charge in [0.15, 0.2) is 11.6 Å². The highest BCUT2D eigenvalue weighted by atomic mass is 19.1. The fraction of sp³-hybridized carbons (Fsp3) is 0.600. The minimum absolute atomic E-state index is 0.238. The molecular weight excluding hydrogens is 243 g/mol. The molecule has 1 aliphatic rings. The summed E-state index contributed by atoms with van der Waals surface area (Å²) in [5.41, 5.74) is 7.13. The van der Waals surface area contributed by atoms with Gasteiger partial charge in [-0.3, -0.25) is 4.90 Å². The lowest BCUT2D eigenvalue weighted by molar-refractivity contribution is 0.162. The van der Waals surface area contributed by atoms with Crippen molar-refractivity contribution >= 4 is 0 Å². The highest BCUT2D eigenvalue weighted by Crippen LogP contribution is 2.23. The van der Waals surface area contributed by atoms with Crippen LogP contribution in [0.3, 0.4) is 0 Å². The second-order valence-electron chi connectivity index (χ2n) is 5.40. The van der Waals surface area contributed by atoms with Gasteiger partial charge in [0, 0.05) is 18.6 Å². The third-order valence-electron chi connectivity index (χ3n) is 4.00. The van der Waals surface area contributed by atoms with Crippen LogP contribution < -0.4 is 10.5 Å². The van der Waals surface area contributed by atoms with Gasteiger partial charge in [-0.2, -0.15) is 0 Å². The summed E-state index contributed by atoms with van der Waals surface area (Å²) in [5.74, 6) is -0.0119. The van der Waals surface area contributed by atoms with Gasteiger partial charge in [0.2, 0.25) is 0 Å². The molecule has 1 fully saturated rings. The van der Waals surface area contributed by atoms with Gasteiger partial charge in [0.1, 0.15) is 0 Å². The first kappa shape index (κ1) is 14.3. The summed E-state index contributed by atoms with van der Waals surface area (Å²) in [7, 11) is 3.54. The fourth-order valence-electron chi connectivity index (χ4n) is 2.90. The summed E-state index contributed by atoms with van der Waals surface area (Å²) in [6, 6.07) is 5.77. The predicted molar refractivity (Wildman–Crippen MR) is 74.7 cm³/mol. The molecule has 2 rings (SSSR count). The molecule has 1 aromatic carbocycles. The SMILES string of the molecule is COc1ccc(CN(C)C2CCCCC2N)cc1F. The first-order valence-corrected chi connectivity index (χ1v) is 6.90. The van der Waals surface area contributed by atoms with E-state index >= 15 is 0 Å². The minimum Gasteiger partial charge on any atom is -0.494 e. The molecule has 0 heterocycles. The summed E-state index contributed by atoms with van der Waals surface area (Å²) in [4.78, 5) is 2.24. The Labute approximate surface area is 114 Å². The van der Waals surface area contributed by atoms with E-state index in [9.17, 15) is 4.39 Å². The lowest BCUT2D eigenvalue weighted by Crippen LogP contribution is -2.47. The number of rotatable bonds is 4. The average molecular weight is 266 g/mol. The van der Waals surface area contributed by atoms with Crippen molar-refractivity contribution in [2.75, 3.05) is 14.2 Å². The third-order valence-corrected chi connectivity index (χ3v) is 4.00. The Bertz CT molecular complexity index is 425. The van der Waals surface area contributed by atoms with Crippen LogP contribution in [0.15, 0.2) is 18.2 Å². The van der Waals surface area contributed by atoms with Crippen molar-refractivity contribution in [3.8, 4) is 5.75 Å². The van der Waals surface area contributed by atoms with Crippen LogP contribution in [0, 0.1) is 5.82 Å². The summed E-state index contributed by atoms with van der Waals surface area (Å²) in [6.07, 6.45) is 4.69. The smallest absolute Gasteiger partial charge is 0.165 e. The summed E-state index contributed by atoms with van der Waals surface area (Å²) in [5, 5.41) is 0. The van der Waals surface area contributed by atoms with Crippen LogP contribution in [0.5, 0.6) is 5.75 Å². The van der Waals surface area contributed by atoms with Gasteiger partial charge in [0.05, 0.1) is 7.11 Å². The molecule has 0 bridgehead atoms. The molecule has 0 radical (unpaired) electrons. The van der Waals surface area contributed by atoms with Crippen LogP contribution in [-0.2, 0) is 6.54 Å². The number of hydrogen-bond donors (Lipinski definition) is 1. The Morgan fingerprint density at radius 3 is 2.74 bits per heavy atom. The molecule has 0 aliphatic heterocycles. The zero-order chi connectivity index (χ0) is 13.8. The second-order valence-corrected chi connectivity index (χ2v) is 5.40. The molecule has 2 unspecified atom stereocenters. The molecule has 0 aromatic heterocycles. The summed E-state index contributed by atoms with van der Waals surface area (Å²) in [6.45, 7) is 0.722. The average Bonchev–Trinajstić information content (AvgIpc) is 2.39. The zero-order valence-electron chi connectivity index (χ0n) is 11.7. The largest absolute Gasteiger partial charge is 0.494 e. The number of benzene rings is 1. The van der Waals surface area contributed by atoms with Crippen LogP contribution >= 0.6 is 0 Å². The number of hydrogen-bond acceptors (Lipinski definition) is 3. The number of nitrogens with zero attached hydrogens (tertiary/aromatic N) is 1. The van der Waals surface area contributed by atoms with Crippen LogP contribution in [0.1, 0.15) is 31.2 Å². The molecule has 19 heavy (non-hydrogen) atoms. The summed E-state index contributed by atoms with van der Waals surface area (Å²) >= 11 is 0. The second kappa shape index (κ2) is 6.35. The van der Waals surface area contributed by atoms with E-state index in [1.807, 2.05) is 6.07 Å². The Hall–Kier alpha value is -1.13. The van der Waals surface area contributed by atoms with Gasteiger partial charge in [-0.1, -0.05) is 18.9 Å². The zero-order valence-corrected chi connectivity index (χ0v) is 11.7. The van der Waals surface area contributed by atoms with Gasteiger partial charge in [-0.25, -0.2) is 4.39 Å². The number of ether oxygens (including phenoxy) is 1. The van der Waals surface area contributed by atoms with Crippen molar-refractivity contribution in [3.63, 3.8) is 0 Å². The highest BCUT2D eigenvalue weighted by Gasteiger charge is 2.25. The topological polar surface area (TPSA) is 38.5 Å². The van der Waals surface area contributed by atoms with E-state index in [0.717, 1.165) is 24.9 Å². The number of halogens is 1. The Kier molecular flexibility index (Phi) is 4.77. The molecular formula is C15H23FN2O. The van der Waals surface area contributed by atoms with Gasteiger partial charge in [0.25, 0.3) is 0 Å². The minimum atomic E-state index is -0.304. The number of nitrogens with two attached hydrogens (primary N) is 1. The Morgan fingerprint density at radius 2 is 2.11 bits per heavy atom. The first-order valence-electron chi connectivity index (χ1n) is 6.90. The number of likely N-dealkylation sites (N-methyl/N-ethyl adjacent to an activating group) is 1. The van der Waals surface area contributed by atoms with E-state index in [2.05, 4.69) is 11.9 Å². The third kappa shape index (κ3) is 3.45. The van der Waals surface area contributed by atoms with Gasteiger partial charge < -0.3 is 10.5 Å². The fourth-order valence-corrected chi connectivity index (χ4v) is 2.90. The van der Waals surface area contributed by atoms with Gasteiger partial charge in [-0.15, -0.1) is 0 Å². The lowest BCUT2D eigenvalue weighted by Gasteiger charge is -2.36. The van der Waals surface area contributed by atoms with E-state index in [-0.39, 0.29) is 11.9 Å². The predicted octanol–water partition coefficient (Wildman–Crippen LogP) is 2.54. The Morgan fingerprint density at radius 1 is 1.37 bits per heavy atom. The maximum absolute atomic E-state index is 13.7. The quantitative estimate of drug-likeness (QED) is 0.910. The highest BCUT2D eigenvalue weighted by molar-refractivity contribution is 5.29. The van der Waals surface area contributed by atoms with Crippen molar-refractivity contribution in [2.24, 2.45) is 5.73 Å². The van der Waals surface area contributed by atoms with Crippen LogP contribution in [0.25, 0.3) is 0 Å². The van der Waals surface area contributed by atoms with Gasteiger partial charge >= 0.3 is 0 Å². The van der Waals surface area contributed by atoms with E-state index < -0.39 is 0 Å². The van der Waals surface area contributed by atoms with Crippen molar-refractivity contribution in [1.82, 2.24) is 4.90 Å². The monoisotopic (exact) mass is 266 g/mol. The molecule has 4 heteroatoms. The molecule has 1 aromatic rings. The maximum Gasteiger partial charge on any atom is 0.165 e. The van der Waals surface area contributed by atoms with Crippen molar-refractivity contribution in [2.45, 2.75) is 44.3 Å². The molecule has 2 atom stereocenters.